The number of hydrogen-bond donors (Lipinski definition) is 1. The number of rotatable bonds is 3. The topological polar surface area (TPSA) is 94.0 Å². The molecule has 25 heavy (non-hydrogen) atoms. The molecule has 0 unspecified atom stereocenters. The Labute approximate surface area is 141 Å². The number of aromatic nitrogens is 6. The summed E-state index contributed by atoms with van der Waals surface area (Å²) in [7, 11) is 0. The van der Waals surface area contributed by atoms with Crippen LogP contribution in [-0.4, -0.2) is 29.8 Å². The van der Waals surface area contributed by atoms with E-state index in [9.17, 15) is 0 Å². The van der Waals surface area contributed by atoms with Crippen molar-refractivity contribution in [2.45, 2.75) is 0 Å². The van der Waals surface area contributed by atoms with E-state index in [1.165, 1.54) is 0 Å². The average molecular weight is 329 g/mol. The zero-order chi connectivity index (χ0) is 16.6. The van der Waals surface area contributed by atoms with Gasteiger partial charge in [-0.2, -0.15) is 19.8 Å². The van der Waals surface area contributed by atoms with Crippen molar-refractivity contribution in [3.8, 4) is 11.3 Å². The van der Waals surface area contributed by atoms with Gasteiger partial charge in [0.05, 0.1) is 17.4 Å². The van der Waals surface area contributed by atoms with E-state index in [4.69, 9.17) is 4.42 Å². The molecule has 0 aliphatic rings. The van der Waals surface area contributed by atoms with Crippen molar-refractivity contribution in [2.75, 3.05) is 5.32 Å². The van der Waals surface area contributed by atoms with Crippen LogP contribution in [0.2, 0.25) is 0 Å². The highest BCUT2D eigenvalue weighted by Crippen LogP contribution is 2.24. The zero-order valence-electron chi connectivity index (χ0n) is 12.9. The smallest absolute Gasteiger partial charge is 0.302 e. The van der Waals surface area contributed by atoms with Crippen molar-refractivity contribution in [2.24, 2.45) is 0 Å². The lowest BCUT2D eigenvalue weighted by Crippen LogP contribution is -1.98. The molecule has 0 bridgehead atoms. The second-order valence-electron chi connectivity index (χ2n) is 5.33. The van der Waals surface area contributed by atoms with Crippen LogP contribution in [0.3, 0.4) is 0 Å². The van der Waals surface area contributed by atoms with Crippen LogP contribution >= 0.6 is 0 Å². The molecule has 1 N–H and O–H groups in total. The van der Waals surface area contributed by atoms with E-state index < -0.39 is 0 Å². The van der Waals surface area contributed by atoms with Crippen LogP contribution in [0.4, 0.5) is 12.0 Å². The van der Waals surface area contributed by atoms with Gasteiger partial charge in [0.25, 0.3) is 0 Å². The number of nitrogens with zero attached hydrogens (tertiary/aromatic N) is 6. The molecule has 0 fully saturated rings. The molecular weight excluding hydrogens is 318 g/mol. The molecule has 1 aromatic carbocycles. The summed E-state index contributed by atoms with van der Waals surface area (Å²) in [6.07, 6.45) is 5.09. The molecular formula is C17H11N7O. The van der Waals surface area contributed by atoms with Crippen molar-refractivity contribution >= 4 is 28.6 Å². The number of para-hydroxylation sites is 2. The van der Waals surface area contributed by atoms with Crippen LogP contribution in [0, 0.1) is 0 Å². The number of benzene rings is 1. The molecule has 0 saturated carbocycles. The molecule has 0 aliphatic carbocycles. The third-order valence-corrected chi connectivity index (χ3v) is 3.75. The first kappa shape index (κ1) is 13.6. The highest BCUT2D eigenvalue weighted by Gasteiger charge is 2.11. The molecule has 0 atom stereocenters. The van der Waals surface area contributed by atoms with Gasteiger partial charge in [0.1, 0.15) is 5.52 Å². The normalized spacial score (nSPS) is 11.2. The first-order chi connectivity index (χ1) is 12.4. The number of oxazole rings is 1. The van der Waals surface area contributed by atoms with E-state index in [0.29, 0.717) is 17.5 Å². The molecule has 0 radical (unpaired) electrons. The summed E-state index contributed by atoms with van der Waals surface area (Å²) in [4.78, 5) is 13.1. The van der Waals surface area contributed by atoms with Gasteiger partial charge in [-0.1, -0.05) is 12.1 Å². The van der Waals surface area contributed by atoms with Gasteiger partial charge < -0.3 is 4.42 Å². The minimum atomic E-state index is 0.347. The summed E-state index contributed by atoms with van der Waals surface area (Å²) in [5.41, 5.74) is 3.95. The van der Waals surface area contributed by atoms with Crippen molar-refractivity contribution in [1.82, 2.24) is 29.8 Å². The molecule has 120 valence electrons. The molecule has 0 amide bonds. The Morgan fingerprint density at radius 2 is 1.88 bits per heavy atom. The molecule has 5 aromatic rings. The van der Waals surface area contributed by atoms with Gasteiger partial charge in [0, 0.05) is 18.0 Å². The van der Waals surface area contributed by atoms with Crippen LogP contribution in [0.5, 0.6) is 0 Å². The third kappa shape index (κ3) is 2.36. The van der Waals surface area contributed by atoms with E-state index in [1.54, 1.807) is 23.2 Å². The maximum absolute atomic E-state index is 5.64. The Morgan fingerprint density at radius 3 is 2.84 bits per heavy atom. The van der Waals surface area contributed by atoms with E-state index in [1.807, 2.05) is 42.5 Å². The Bertz CT molecular complexity index is 1160. The fourth-order valence-corrected chi connectivity index (χ4v) is 2.62. The second kappa shape index (κ2) is 5.38. The van der Waals surface area contributed by atoms with Crippen molar-refractivity contribution in [3.05, 3.63) is 61.1 Å². The molecule has 0 saturated heterocycles. The minimum Gasteiger partial charge on any atom is -0.423 e. The van der Waals surface area contributed by atoms with Crippen molar-refractivity contribution in [3.63, 3.8) is 0 Å². The van der Waals surface area contributed by atoms with Crippen LogP contribution in [0.15, 0.2) is 65.5 Å². The van der Waals surface area contributed by atoms with Gasteiger partial charge in [-0.15, -0.1) is 0 Å². The first-order valence-electron chi connectivity index (χ1n) is 7.62. The number of nitrogens with one attached hydrogen (secondary N) is 1. The van der Waals surface area contributed by atoms with Gasteiger partial charge >= 0.3 is 6.01 Å². The highest BCUT2D eigenvalue weighted by atomic mass is 16.4. The van der Waals surface area contributed by atoms with Crippen LogP contribution in [0.1, 0.15) is 0 Å². The molecule has 8 heteroatoms. The fraction of sp³-hybridized carbons (Fsp3) is 0. The number of anilines is 2. The lowest BCUT2D eigenvalue weighted by Gasteiger charge is -2.02. The molecule has 0 aliphatic heterocycles. The molecule has 8 nitrogen and oxygen atoms in total. The van der Waals surface area contributed by atoms with Crippen LogP contribution in [0.25, 0.3) is 27.9 Å². The molecule has 4 aromatic heterocycles. The fourth-order valence-electron chi connectivity index (χ4n) is 2.62. The summed E-state index contributed by atoms with van der Waals surface area (Å²) in [5.74, 6) is 0.396. The Kier molecular flexibility index (Phi) is 2.93. The Hall–Kier alpha value is -3.81. The van der Waals surface area contributed by atoms with E-state index in [-0.39, 0.29) is 0 Å². The third-order valence-electron chi connectivity index (χ3n) is 3.75. The quantitative estimate of drug-likeness (QED) is 0.543. The van der Waals surface area contributed by atoms with E-state index >= 15 is 0 Å². The first-order valence-corrected chi connectivity index (χ1v) is 7.62. The van der Waals surface area contributed by atoms with Gasteiger partial charge in [-0.25, -0.2) is 9.97 Å². The van der Waals surface area contributed by atoms with E-state index in [2.05, 4.69) is 30.5 Å². The lowest BCUT2D eigenvalue weighted by atomic mass is 10.2. The molecule has 4 heterocycles. The Morgan fingerprint density at radius 1 is 0.920 bits per heavy atom. The maximum Gasteiger partial charge on any atom is 0.302 e. The van der Waals surface area contributed by atoms with E-state index in [0.717, 1.165) is 22.3 Å². The standard InChI is InChI=1S/C17H11N7O/c1-2-6-15-13(4-1)22-17(25-15)23-16-18-9-7-12(21-16)11-10-20-24-14(11)5-3-8-19-24/h1-10H,(H,18,21,22,23). The van der Waals surface area contributed by atoms with Crippen LogP contribution < -0.4 is 5.32 Å². The van der Waals surface area contributed by atoms with Crippen LogP contribution in [-0.2, 0) is 0 Å². The van der Waals surface area contributed by atoms with Gasteiger partial charge in [0.15, 0.2) is 5.58 Å². The minimum absolute atomic E-state index is 0.347. The predicted octanol–water partition coefficient (Wildman–Crippen LogP) is 3.07. The summed E-state index contributed by atoms with van der Waals surface area (Å²) >= 11 is 0. The van der Waals surface area contributed by atoms with Gasteiger partial charge in [-0.05, 0) is 30.3 Å². The maximum atomic E-state index is 5.64. The average Bonchev–Trinajstić information content (AvgIpc) is 3.25. The number of fused-ring (bicyclic) bond motifs is 2. The monoisotopic (exact) mass is 329 g/mol. The highest BCUT2D eigenvalue weighted by molar-refractivity contribution is 5.78. The van der Waals surface area contributed by atoms with Crippen molar-refractivity contribution < 1.29 is 4.42 Å². The largest absolute Gasteiger partial charge is 0.423 e. The second-order valence-corrected chi connectivity index (χ2v) is 5.33. The Balaban J connectivity index is 1.52. The summed E-state index contributed by atoms with van der Waals surface area (Å²) < 4.78 is 7.20. The predicted molar refractivity (Wildman–Crippen MR) is 91.3 cm³/mol. The summed E-state index contributed by atoms with van der Waals surface area (Å²) in [6, 6.07) is 13.5. The summed E-state index contributed by atoms with van der Waals surface area (Å²) in [5, 5.41) is 11.4. The number of hydrogen-bond acceptors (Lipinski definition) is 7. The van der Waals surface area contributed by atoms with Gasteiger partial charge in [0.2, 0.25) is 5.95 Å². The lowest BCUT2D eigenvalue weighted by molar-refractivity contribution is 0.621. The van der Waals surface area contributed by atoms with Gasteiger partial charge in [-0.3, -0.25) is 5.32 Å². The van der Waals surface area contributed by atoms with Crippen molar-refractivity contribution in [1.29, 1.82) is 0 Å². The SMILES string of the molecule is c1ccc2oc(Nc3nccc(-c4cnn5ncccc45)n3)nc2c1. The molecule has 0 spiro atoms. The molecule has 5 rings (SSSR count). The summed E-state index contributed by atoms with van der Waals surface area (Å²) in [6.45, 7) is 0. The zero-order valence-corrected chi connectivity index (χ0v) is 12.9.